The highest BCUT2D eigenvalue weighted by molar-refractivity contribution is 4.94. The largest absolute Gasteiger partial charge is 0.389 e. The number of likely N-dealkylation sites (N-methyl/N-ethyl adjacent to an activating group) is 1. The highest BCUT2D eigenvalue weighted by atomic mass is 16.3. The van der Waals surface area contributed by atoms with Gasteiger partial charge in [0.2, 0.25) is 0 Å². The Morgan fingerprint density at radius 3 is 2.40 bits per heavy atom. The van der Waals surface area contributed by atoms with Gasteiger partial charge in [0.1, 0.15) is 0 Å². The Morgan fingerprint density at radius 2 is 2.10 bits per heavy atom. The molecule has 10 heavy (non-hydrogen) atoms. The van der Waals surface area contributed by atoms with Crippen molar-refractivity contribution in [3.63, 3.8) is 0 Å². The smallest absolute Gasteiger partial charge is 0.0693 e. The molecule has 0 radical (unpaired) electrons. The van der Waals surface area contributed by atoms with Gasteiger partial charge in [-0.1, -0.05) is 19.1 Å². The van der Waals surface area contributed by atoms with Crippen molar-refractivity contribution in [3.8, 4) is 0 Å². The van der Waals surface area contributed by atoms with Crippen LogP contribution in [0, 0.1) is 0 Å². The summed E-state index contributed by atoms with van der Waals surface area (Å²) in [6.07, 6.45) is 4.51. The molecule has 0 aliphatic rings. The van der Waals surface area contributed by atoms with Crippen LogP contribution in [-0.2, 0) is 0 Å². The van der Waals surface area contributed by atoms with Crippen LogP contribution < -0.4 is 5.32 Å². The maximum Gasteiger partial charge on any atom is 0.0693 e. The normalized spacial score (nSPS) is 17.6. The Kier molecular flexibility index (Phi) is 5.26. The van der Waals surface area contributed by atoms with E-state index in [-0.39, 0.29) is 6.10 Å². The number of rotatable bonds is 4. The van der Waals surface area contributed by atoms with Crippen LogP contribution >= 0.6 is 0 Å². The zero-order valence-electron chi connectivity index (χ0n) is 6.96. The summed E-state index contributed by atoms with van der Waals surface area (Å²) in [5.74, 6) is 0. The first-order valence-electron chi connectivity index (χ1n) is 3.74. The Hall–Kier alpha value is -0.340. The molecule has 0 saturated heterocycles. The van der Waals surface area contributed by atoms with E-state index >= 15 is 0 Å². The highest BCUT2D eigenvalue weighted by Crippen LogP contribution is 1.93. The Bertz CT molecular complexity index is 95.4. The standard InChI is InChI=1S/C8H17NO/c1-4-8(9-3)6-5-7(2)10/h5-10H,4H2,1-3H3/b6-5+. The van der Waals surface area contributed by atoms with Gasteiger partial charge in [0, 0.05) is 6.04 Å². The first kappa shape index (κ1) is 9.66. The molecule has 0 bridgehead atoms. The molecule has 0 amide bonds. The van der Waals surface area contributed by atoms with Gasteiger partial charge in [-0.05, 0) is 20.4 Å². The molecule has 0 aromatic rings. The van der Waals surface area contributed by atoms with Gasteiger partial charge in [0.25, 0.3) is 0 Å². The van der Waals surface area contributed by atoms with Crippen LogP contribution in [-0.4, -0.2) is 24.3 Å². The lowest BCUT2D eigenvalue weighted by atomic mass is 10.2. The van der Waals surface area contributed by atoms with Gasteiger partial charge in [-0.2, -0.15) is 0 Å². The fourth-order valence-electron chi connectivity index (χ4n) is 0.731. The molecule has 0 fully saturated rings. The quantitative estimate of drug-likeness (QED) is 0.574. The molecular weight excluding hydrogens is 126 g/mol. The van der Waals surface area contributed by atoms with Crippen molar-refractivity contribution >= 4 is 0 Å². The van der Waals surface area contributed by atoms with Gasteiger partial charge in [-0.15, -0.1) is 0 Å². The van der Waals surface area contributed by atoms with Crippen molar-refractivity contribution in [2.75, 3.05) is 7.05 Å². The third-order valence-corrected chi connectivity index (χ3v) is 1.43. The minimum atomic E-state index is -0.331. The zero-order chi connectivity index (χ0) is 7.98. The van der Waals surface area contributed by atoms with Crippen LogP contribution in [0.2, 0.25) is 0 Å². The average molecular weight is 143 g/mol. The molecule has 2 N–H and O–H groups in total. The summed E-state index contributed by atoms with van der Waals surface area (Å²) in [5, 5.41) is 12.0. The molecule has 2 nitrogen and oxygen atoms in total. The van der Waals surface area contributed by atoms with Crippen LogP contribution in [0.5, 0.6) is 0 Å². The molecule has 0 rings (SSSR count). The van der Waals surface area contributed by atoms with E-state index in [2.05, 4.69) is 12.2 Å². The van der Waals surface area contributed by atoms with Crippen molar-refractivity contribution in [2.45, 2.75) is 32.4 Å². The lowest BCUT2D eigenvalue weighted by Gasteiger charge is -2.07. The summed E-state index contributed by atoms with van der Waals surface area (Å²) in [6.45, 7) is 3.85. The molecule has 0 aliphatic carbocycles. The molecular formula is C8H17NO. The van der Waals surface area contributed by atoms with Crippen LogP contribution in [0.3, 0.4) is 0 Å². The fourth-order valence-corrected chi connectivity index (χ4v) is 0.731. The van der Waals surface area contributed by atoms with E-state index in [1.165, 1.54) is 0 Å². The van der Waals surface area contributed by atoms with Crippen molar-refractivity contribution in [2.24, 2.45) is 0 Å². The Labute approximate surface area is 62.9 Å². The third kappa shape index (κ3) is 4.53. The minimum Gasteiger partial charge on any atom is -0.389 e. The second-order valence-corrected chi connectivity index (χ2v) is 2.43. The van der Waals surface area contributed by atoms with Gasteiger partial charge >= 0.3 is 0 Å². The van der Waals surface area contributed by atoms with Crippen molar-refractivity contribution in [1.82, 2.24) is 5.32 Å². The lowest BCUT2D eigenvalue weighted by molar-refractivity contribution is 0.243. The Morgan fingerprint density at radius 1 is 1.50 bits per heavy atom. The highest BCUT2D eigenvalue weighted by Gasteiger charge is 1.95. The number of hydrogen-bond acceptors (Lipinski definition) is 2. The van der Waals surface area contributed by atoms with Gasteiger partial charge in [-0.3, -0.25) is 0 Å². The lowest BCUT2D eigenvalue weighted by Crippen LogP contribution is -2.21. The first-order valence-corrected chi connectivity index (χ1v) is 3.74. The summed E-state index contributed by atoms with van der Waals surface area (Å²) < 4.78 is 0. The van der Waals surface area contributed by atoms with E-state index < -0.39 is 0 Å². The molecule has 0 saturated carbocycles. The maximum absolute atomic E-state index is 8.88. The minimum absolute atomic E-state index is 0.331. The average Bonchev–Trinajstić information content (AvgIpc) is 1.90. The summed E-state index contributed by atoms with van der Waals surface area (Å²) in [5.41, 5.74) is 0. The molecule has 0 spiro atoms. The van der Waals surface area contributed by atoms with Gasteiger partial charge in [0.05, 0.1) is 6.10 Å². The zero-order valence-corrected chi connectivity index (χ0v) is 6.96. The van der Waals surface area contributed by atoms with Crippen LogP contribution in [0.1, 0.15) is 20.3 Å². The number of nitrogens with one attached hydrogen (secondary N) is 1. The molecule has 0 aromatic heterocycles. The maximum atomic E-state index is 8.88. The van der Waals surface area contributed by atoms with Crippen LogP contribution in [0.25, 0.3) is 0 Å². The van der Waals surface area contributed by atoms with E-state index in [0.29, 0.717) is 6.04 Å². The van der Waals surface area contributed by atoms with E-state index in [4.69, 9.17) is 5.11 Å². The first-order chi connectivity index (χ1) is 4.70. The van der Waals surface area contributed by atoms with Crippen molar-refractivity contribution in [1.29, 1.82) is 0 Å². The molecule has 0 heterocycles. The van der Waals surface area contributed by atoms with Gasteiger partial charge in [0.15, 0.2) is 0 Å². The number of hydrogen-bond donors (Lipinski definition) is 2. The van der Waals surface area contributed by atoms with Gasteiger partial charge in [-0.25, -0.2) is 0 Å². The molecule has 2 unspecified atom stereocenters. The van der Waals surface area contributed by atoms with Crippen molar-refractivity contribution in [3.05, 3.63) is 12.2 Å². The van der Waals surface area contributed by atoms with E-state index in [9.17, 15) is 0 Å². The van der Waals surface area contributed by atoms with E-state index in [1.54, 1.807) is 13.0 Å². The van der Waals surface area contributed by atoms with E-state index in [1.807, 2.05) is 13.1 Å². The van der Waals surface area contributed by atoms with E-state index in [0.717, 1.165) is 6.42 Å². The molecule has 0 aromatic carbocycles. The predicted molar refractivity (Wildman–Crippen MR) is 44.0 cm³/mol. The topological polar surface area (TPSA) is 32.3 Å². The summed E-state index contributed by atoms with van der Waals surface area (Å²) in [7, 11) is 1.92. The molecule has 60 valence electrons. The van der Waals surface area contributed by atoms with Crippen LogP contribution in [0.15, 0.2) is 12.2 Å². The second-order valence-electron chi connectivity index (χ2n) is 2.43. The van der Waals surface area contributed by atoms with Gasteiger partial charge < -0.3 is 10.4 Å². The molecule has 2 heteroatoms. The predicted octanol–water partition coefficient (Wildman–Crippen LogP) is 0.921. The summed E-state index contributed by atoms with van der Waals surface area (Å²) >= 11 is 0. The van der Waals surface area contributed by atoms with Crippen molar-refractivity contribution < 1.29 is 5.11 Å². The Balaban J connectivity index is 3.61. The molecule has 0 aliphatic heterocycles. The summed E-state index contributed by atoms with van der Waals surface area (Å²) in [4.78, 5) is 0. The number of aliphatic hydroxyl groups excluding tert-OH is 1. The van der Waals surface area contributed by atoms with Crippen LogP contribution in [0.4, 0.5) is 0 Å². The second kappa shape index (κ2) is 5.45. The fraction of sp³-hybridized carbons (Fsp3) is 0.750. The SMILES string of the molecule is CCC(/C=C/C(C)O)NC. The number of aliphatic hydroxyl groups is 1. The monoisotopic (exact) mass is 143 g/mol. The third-order valence-electron chi connectivity index (χ3n) is 1.43. The summed E-state index contributed by atoms with van der Waals surface area (Å²) in [6, 6.07) is 0.398. The molecule has 2 atom stereocenters.